The number of benzene rings is 2. The number of methoxy groups -OCH3 is 2. The standard InChI is InChI=1S/C26H22ClFN6O5S/c1-12(34(26(35)36)15-9-30-25(38-4)31-10-15)13(2)39-20-8-21-18(7-17(20)28)33-24(40-21)16-5-14(27)6-19-23(16)29-11-22(32-19)37-3/h5-13H,1-4H3,(H,35,36)/t12-,13+/m1/s1. The number of thiazole rings is 1. The largest absolute Gasteiger partial charge is 0.485 e. The number of hydrogen-bond donors (Lipinski definition) is 1. The average Bonchev–Trinajstić information content (AvgIpc) is 3.35. The molecule has 0 radical (unpaired) electrons. The first-order valence-electron chi connectivity index (χ1n) is 11.8. The minimum atomic E-state index is -1.24. The molecule has 40 heavy (non-hydrogen) atoms. The van der Waals surface area contributed by atoms with Gasteiger partial charge in [-0.25, -0.2) is 34.1 Å². The number of amides is 1. The molecule has 5 rings (SSSR count). The van der Waals surface area contributed by atoms with Gasteiger partial charge in [0.15, 0.2) is 11.6 Å². The number of aromatic nitrogens is 5. The Kier molecular flexibility index (Phi) is 7.50. The summed E-state index contributed by atoms with van der Waals surface area (Å²) < 4.78 is 31.8. The predicted molar refractivity (Wildman–Crippen MR) is 148 cm³/mol. The van der Waals surface area contributed by atoms with Crippen molar-refractivity contribution >= 4 is 56.0 Å². The first-order chi connectivity index (χ1) is 19.2. The molecule has 0 spiro atoms. The second-order valence-electron chi connectivity index (χ2n) is 8.65. The van der Waals surface area contributed by atoms with Crippen LogP contribution in [0.1, 0.15) is 13.8 Å². The van der Waals surface area contributed by atoms with Crippen LogP contribution in [0.25, 0.3) is 31.8 Å². The van der Waals surface area contributed by atoms with Crippen LogP contribution in [0, 0.1) is 5.82 Å². The van der Waals surface area contributed by atoms with Crippen molar-refractivity contribution in [3.05, 3.63) is 53.7 Å². The SMILES string of the molecule is COc1cnc2c(-c3nc4cc(F)c(O[C@@H](C)[C@@H](C)N(C(=O)O)c5cnc(OC)nc5)cc4s3)cc(Cl)cc2n1. The number of ether oxygens (including phenoxy) is 3. The maximum atomic E-state index is 15.1. The van der Waals surface area contributed by atoms with Crippen LogP contribution in [0.4, 0.5) is 14.9 Å². The molecule has 2 aromatic carbocycles. The van der Waals surface area contributed by atoms with Gasteiger partial charge in [0.2, 0.25) is 5.88 Å². The van der Waals surface area contributed by atoms with Crippen molar-refractivity contribution in [3.63, 3.8) is 0 Å². The lowest BCUT2D eigenvalue weighted by Gasteiger charge is -2.30. The van der Waals surface area contributed by atoms with Gasteiger partial charge in [0.05, 0.1) is 65.8 Å². The second-order valence-corrected chi connectivity index (χ2v) is 10.1. The minimum Gasteiger partial charge on any atom is -0.485 e. The fourth-order valence-corrected chi connectivity index (χ4v) is 5.24. The molecule has 0 aliphatic rings. The number of carboxylic acid groups (broad SMARTS) is 1. The van der Waals surface area contributed by atoms with Crippen LogP contribution in [0.15, 0.2) is 42.9 Å². The minimum absolute atomic E-state index is 0.0427. The Bertz CT molecular complexity index is 1720. The lowest BCUT2D eigenvalue weighted by Crippen LogP contribution is -2.46. The van der Waals surface area contributed by atoms with Crippen LogP contribution >= 0.6 is 22.9 Å². The molecule has 0 bridgehead atoms. The van der Waals surface area contributed by atoms with Crippen LogP contribution in [-0.2, 0) is 0 Å². The van der Waals surface area contributed by atoms with Crippen LogP contribution in [-0.4, -0.2) is 62.5 Å². The van der Waals surface area contributed by atoms with Crippen molar-refractivity contribution in [2.45, 2.75) is 26.0 Å². The van der Waals surface area contributed by atoms with E-state index in [4.69, 9.17) is 25.8 Å². The quantitative estimate of drug-likeness (QED) is 0.237. The van der Waals surface area contributed by atoms with E-state index in [2.05, 4.69) is 24.9 Å². The summed E-state index contributed by atoms with van der Waals surface area (Å²) in [6, 6.07) is 5.59. The highest BCUT2D eigenvalue weighted by molar-refractivity contribution is 7.21. The molecule has 2 atom stereocenters. The van der Waals surface area contributed by atoms with Crippen molar-refractivity contribution in [2.24, 2.45) is 0 Å². The molecule has 0 saturated heterocycles. The van der Waals surface area contributed by atoms with Gasteiger partial charge in [-0.3, -0.25) is 4.90 Å². The molecule has 0 aliphatic heterocycles. The maximum Gasteiger partial charge on any atom is 0.412 e. The third-order valence-electron chi connectivity index (χ3n) is 6.15. The van der Waals surface area contributed by atoms with E-state index in [0.29, 0.717) is 42.7 Å². The van der Waals surface area contributed by atoms with E-state index in [-0.39, 0.29) is 17.4 Å². The number of hydrogen-bond acceptors (Lipinski definition) is 10. The Labute approximate surface area is 236 Å². The van der Waals surface area contributed by atoms with E-state index in [1.165, 1.54) is 56.3 Å². The fourth-order valence-electron chi connectivity index (χ4n) is 4.04. The van der Waals surface area contributed by atoms with E-state index in [1.807, 2.05) is 0 Å². The van der Waals surface area contributed by atoms with Crippen LogP contribution in [0.2, 0.25) is 5.02 Å². The summed E-state index contributed by atoms with van der Waals surface area (Å²) in [4.78, 5) is 34.5. The Hall–Kier alpha value is -4.36. The van der Waals surface area contributed by atoms with Gasteiger partial charge >= 0.3 is 12.1 Å². The zero-order chi connectivity index (χ0) is 28.6. The molecule has 3 aromatic heterocycles. The third-order valence-corrected chi connectivity index (χ3v) is 7.42. The van der Waals surface area contributed by atoms with Crippen molar-refractivity contribution in [2.75, 3.05) is 19.1 Å². The zero-order valence-electron chi connectivity index (χ0n) is 21.6. The molecule has 3 heterocycles. The first kappa shape index (κ1) is 27.2. The summed E-state index contributed by atoms with van der Waals surface area (Å²) in [5.41, 5.74) is 2.38. The number of rotatable bonds is 8. The Morgan fingerprint density at radius 1 is 1.02 bits per heavy atom. The van der Waals surface area contributed by atoms with E-state index in [9.17, 15) is 9.90 Å². The summed E-state index contributed by atoms with van der Waals surface area (Å²) in [5.74, 6) is -0.337. The molecule has 0 unspecified atom stereocenters. The molecule has 0 fully saturated rings. The van der Waals surface area contributed by atoms with Gasteiger partial charge in [0.1, 0.15) is 11.1 Å². The normalized spacial score (nSPS) is 12.8. The predicted octanol–water partition coefficient (Wildman–Crippen LogP) is 5.85. The summed E-state index contributed by atoms with van der Waals surface area (Å²) in [7, 11) is 2.90. The van der Waals surface area contributed by atoms with Crippen LogP contribution in [0.5, 0.6) is 17.6 Å². The molecule has 11 nitrogen and oxygen atoms in total. The summed E-state index contributed by atoms with van der Waals surface area (Å²) in [6.07, 6.45) is 2.16. The molecule has 5 aromatic rings. The summed E-state index contributed by atoms with van der Waals surface area (Å²) in [6.45, 7) is 3.29. The monoisotopic (exact) mass is 584 g/mol. The van der Waals surface area contributed by atoms with Crippen LogP contribution in [0.3, 0.4) is 0 Å². The van der Waals surface area contributed by atoms with E-state index in [0.717, 1.165) is 4.90 Å². The number of fused-ring (bicyclic) bond motifs is 2. The van der Waals surface area contributed by atoms with Crippen molar-refractivity contribution in [3.8, 4) is 28.2 Å². The van der Waals surface area contributed by atoms with Crippen molar-refractivity contribution in [1.82, 2.24) is 24.9 Å². The number of anilines is 1. The molecule has 1 N–H and O–H groups in total. The molecular weight excluding hydrogens is 563 g/mol. The molecular formula is C26H22ClFN6O5S. The Balaban J connectivity index is 1.45. The van der Waals surface area contributed by atoms with Crippen molar-refractivity contribution < 1.29 is 28.5 Å². The van der Waals surface area contributed by atoms with Gasteiger partial charge in [0, 0.05) is 22.7 Å². The lowest BCUT2D eigenvalue weighted by molar-refractivity contribution is 0.167. The topological polar surface area (TPSA) is 133 Å². The van der Waals surface area contributed by atoms with E-state index < -0.39 is 24.1 Å². The molecule has 1 amide bonds. The smallest absolute Gasteiger partial charge is 0.412 e. The highest BCUT2D eigenvalue weighted by atomic mass is 35.5. The third kappa shape index (κ3) is 5.25. The summed E-state index contributed by atoms with van der Waals surface area (Å²) in [5, 5.41) is 10.9. The molecule has 206 valence electrons. The molecule has 0 saturated carbocycles. The maximum absolute atomic E-state index is 15.1. The van der Waals surface area contributed by atoms with Crippen LogP contribution < -0.4 is 19.1 Å². The average molecular weight is 585 g/mol. The highest BCUT2D eigenvalue weighted by Gasteiger charge is 2.29. The van der Waals surface area contributed by atoms with Gasteiger partial charge in [-0.2, -0.15) is 0 Å². The van der Waals surface area contributed by atoms with Gasteiger partial charge in [-0.1, -0.05) is 11.6 Å². The number of nitrogens with zero attached hydrogens (tertiary/aromatic N) is 6. The Morgan fingerprint density at radius 3 is 2.45 bits per heavy atom. The fraction of sp³-hybridized carbons (Fsp3) is 0.231. The van der Waals surface area contributed by atoms with Gasteiger partial charge in [0.25, 0.3) is 0 Å². The highest BCUT2D eigenvalue weighted by Crippen LogP contribution is 2.38. The second kappa shape index (κ2) is 11.0. The van der Waals surface area contributed by atoms with E-state index in [1.54, 1.807) is 26.0 Å². The van der Waals surface area contributed by atoms with E-state index >= 15 is 4.39 Å². The molecule has 0 aliphatic carbocycles. The Morgan fingerprint density at radius 2 is 1.77 bits per heavy atom. The van der Waals surface area contributed by atoms with Crippen molar-refractivity contribution in [1.29, 1.82) is 0 Å². The first-order valence-corrected chi connectivity index (χ1v) is 13.0. The number of carbonyl (C=O) groups is 1. The lowest BCUT2D eigenvalue weighted by atomic mass is 10.1. The number of halogens is 2. The molecule has 14 heteroatoms. The van der Waals surface area contributed by atoms with Gasteiger partial charge in [-0.05, 0) is 26.0 Å². The summed E-state index contributed by atoms with van der Waals surface area (Å²) >= 11 is 7.65. The zero-order valence-corrected chi connectivity index (χ0v) is 23.2. The van der Waals surface area contributed by atoms with Gasteiger partial charge < -0.3 is 19.3 Å². The van der Waals surface area contributed by atoms with Gasteiger partial charge in [-0.15, -0.1) is 11.3 Å².